The van der Waals surface area contributed by atoms with E-state index in [1.165, 1.54) is 16.6 Å². The highest BCUT2D eigenvalue weighted by Crippen LogP contribution is 2.19. The number of rotatable bonds is 4. The number of hydrogen-bond donors (Lipinski definition) is 2. The SMILES string of the molecule is CC(C)N1CCN(S(=O)(=O)c2c[nH]c(CO)c2)CC1. The van der Waals surface area contributed by atoms with Crippen LogP contribution >= 0.6 is 0 Å². The number of H-pyrrole nitrogens is 1. The van der Waals surface area contributed by atoms with Crippen molar-refractivity contribution in [1.82, 2.24) is 14.2 Å². The summed E-state index contributed by atoms with van der Waals surface area (Å²) in [6.07, 6.45) is 1.44. The van der Waals surface area contributed by atoms with Crippen LogP contribution in [0.15, 0.2) is 17.2 Å². The molecule has 1 aromatic heterocycles. The Balaban J connectivity index is 2.09. The first-order chi connectivity index (χ1) is 8.95. The van der Waals surface area contributed by atoms with E-state index in [9.17, 15) is 8.42 Å². The van der Waals surface area contributed by atoms with E-state index >= 15 is 0 Å². The van der Waals surface area contributed by atoms with Gasteiger partial charge < -0.3 is 10.1 Å². The van der Waals surface area contributed by atoms with Crippen LogP contribution in [0.25, 0.3) is 0 Å². The second-order valence-electron chi connectivity index (χ2n) is 5.05. The molecular formula is C12H21N3O3S. The molecule has 2 heterocycles. The van der Waals surface area contributed by atoms with Gasteiger partial charge in [-0.3, -0.25) is 4.90 Å². The van der Waals surface area contributed by atoms with Gasteiger partial charge in [0.25, 0.3) is 0 Å². The third-order valence-electron chi connectivity index (χ3n) is 3.53. The second-order valence-corrected chi connectivity index (χ2v) is 6.99. The van der Waals surface area contributed by atoms with E-state index in [0.717, 1.165) is 13.1 Å². The number of sulfonamides is 1. The van der Waals surface area contributed by atoms with Crippen LogP contribution in [-0.2, 0) is 16.6 Å². The summed E-state index contributed by atoms with van der Waals surface area (Å²) in [6, 6.07) is 1.93. The molecule has 0 atom stereocenters. The molecule has 1 aliphatic rings. The number of piperazine rings is 1. The number of nitrogens with one attached hydrogen (secondary N) is 1. The number of aliphatic hydroxyl groups is 1. The summed E-state index contributed by atoms with van der Waals surface area (Å²) >= 11 is 0. The van der Waals surface area contributed by atoms with Gasteiger partial charge in [-0.15, -0.1) is 0 Å². The highest BCUT2D eigenvalue weighted by Gasteiger charge is 2.29. The quantitative estimate of drug-likeness (QED) is 0.830. The molecule has 0 aliphatic carbocycles. The molecule has 0 spiro atoms. The third kappa shape index (κ3) is 3.00. The van der Waals surface area contributed by atoms with Crippen molar-refractivity contribution in [2.75, 3.05) is 26.2 Å². The molecule has 0 saturated carbocycles. The zero-order valence-electron chi connectivity index (χ0n) is 11.3. The fourth-order valence-corrected chi connectivity index (χ4v) is 3.71. The van der Waals surface area contributed by atoms with Crippen molar-refractivity contribution in [3.8, 4) is 0 Å². The van der Waals surface area contributed by atoms with Crippen LogP contribution in [-0.4, -0.2) is 59.9 Å². The van der Waals surface area contributed by atoms with Crippen LogP contribution in [0, 0.1) is 0 Å². The summed E-state index contributed by atoms with van der Waals surface area (Å²) in [4.78, 5) is 5.26. The topological polar surface area (TPSA) is 76.6 Å². The maximum absolute atomic E-state index is 12.4. The molecule has 0 unspecified atom stereocenters. The van der Waals surface area contributed by atoms with E-state index in [0.29, 0.717) is 24.8 Å². The molecule has 1 aromatic rings. The molecule has 6 nitrogen and oxygen atoms in total. The zero-order chi connectivity index (χ0) is 14.0. The Morgan fingerprint density at radius 1 is 1.32 bits per heavy atom. The molecule has 1 saturated heterocycles. The maximum atomic E-state index is 12.4. The van der Waals surface area contributed by atoms with Crippen LogP contribution in [0.1, 0.15) is 19.5 Å². The Morgan fingerprint density at radius 2 is 1.95 bits per heavy atom. The summed E-state index contributed by atoms with van der Waals surface area (Å²) in [7, 11) is -3.44. The van der Waals surface area contributed by atoms with Gasteiger partial charge in [0.15, 0.2) is 0 Å². The van der Waals surface area contributed by atoms with Gasteiger partial charge in [-0.2, -0.15) is 4.31 Å². The number of aliphatic hydroxyl groups excluding tert-OH is 1. The van der Waals surface area contributed by atoms with Gasteiger partial charge in [0, 0.05) is 44.1 Å². The summed E-state index contributed by atoms with van der Waals surface area (Å²) in [5, 5.41) is 8.98. The lowest BCUT2D eigenvalue weighted by Gasteiger charge is -2.36. The van der Waals surface area contributed by atoms with Gasteiger partial charge in [-0.1, -0.05) is 0 Å². The van der Waals surface area contributed by atoms with Crippen molar-refractivity contribution in [3.63, 3.8) is 0 Å². The van der Waals surface area contributed by atoms with Gasteiger partial charge >= 0.3 is 0 Å². The minimum atomic E-state index is -3.44. The van der Waals surface area contributed by atoms with Gasteiger partial charge in [-0.05, 0) is 19.9 Å². The number of aromatic nitrogens is 1. The lowest BCUT2D eigenvalue weighted by Crippen LogP contribution is -2.50. The molecule has 0 radical (unpaired) electrons. The first kappa shape index (κ1) is 14.5. The normalized spacial score (nSPS) is 19.2. The van der Waals surface area contributed by atoms with Gasteiger partial charge in [0.05, 0.1) is 11.5 Å². The van der Waals surface area contributed by atoms with Crippen molar-refractivity contribution in [1.29, 1.82) is 0 Å². The highest BCUT2D eigenvalue weighted by molar-refractivity contribution is 7.89. The maximum Gasteiger partial charge on any atom is 0.244 e. The third-order valence-corrected chi connectivity index (χ3v) is 5.40. The van der Waals surface area contributed by atoms with Crippen molar-refractivity contribution in [2.24, 2.45) is 0 Å². The highest BCUT2D eigenvalue weighted by atomic mass is 32.2. The average Bonchev–Trinajstić information content (AvgIpc) is 2.88. The molecule has 108 valence electrons. The van der Waals surface area contributed by atoms with E-state index < -0.39 is 10.0 Å². The van der Waals surface area contributed by atoms with E-state index in [2.05, 4.69) is 23.7 Å². The first-order valence-corrected chi connectivity index (χ1v) is 7.91. The summed E-state index contributed by atoms with van der Waals surface area (Å²) in [5.41, 5.74) is 0.513. The summed E-state index contributed by atoms with van der Waals surface area (Å²) in [5.74, 6) is 0. The van der Waals surface area contributed by atoms with Crippen LogP contribution in [0.2, 0.25) is 0 Å². The fraction of sp³-hybridized carbons (Fsp3) is 0.667. The molecule has 1 aliphatic heterocycles. The monoisotopic (exact) mass is 287 g/mol. The Kier molecular flexibility index (Phi) is 4.29. The van der Waals surface area contributed by atoms with Crippen molar-refractivity contribution in [2.45, 2.75) is 31.4 Å². The van der Waals surface area contributed by atoms with E-state index in [1.54, 1.807) is 0 Å². The minimum Gasteiger partial charge on any atom is -0.390 e. The number of nitrogens with zero attached hydrogens (tertiary/aromatic N) is 2. The van der Waals surface area contributed by atoms with E-state index in [-0.39, 0.29) is 11.5 Å². The summed E-state index contributed by atoms with van der Waals surface area (Å²) in [6.45, 7) is 6.59. The molecule has 0 bridgehead atoms. The van der Waals surface area contributed by atoms with E-state index in [4.69, 9.17) is 5.11 Å². The van der Waals surface area contributed by atoms with Crippen molar-refractivity contribution < 1.29 is 13.5 Å². The molecule has 19 heavy (non-hydrogen) atoms. The van der Waals surface area contributed by atoms with Crippen molar-refractivity contribution >= 4 is 10.0 Å². The molecule has 0 aromatic carbocycles. The number of hydrogen-bond acceptors (Lipinski definition) is 4. The molecule has 1 fully saturated rings. The average molecular weight is 287 g/mol. The Bertz CT molecular complexity index is 516. The predicted octanol–water partition coefficient (Wildman–Crippen LogP) is 0.222. The Morgan fingerprint density at radius 3 is 2.42 bits per heavy atom. The largest absolute Gasteiger partial charge is 0.390 e. The zero-order valence-corrected chi connectivity index (χ0v) is 12.2. The molecule has 2 N–H and O–H groups in total. The molecular weight excluding hydrogens is 266 g/mol. The van der Waals surface area contributed by atoms with Gasteiger partial charge in [0.1, 0.15) is 0 Å². The Hall–Kier alpha value is -0.890. The Labute approximate surface area is 114 Å². The van der Waals surface area contributed by atoms with Gasteiger partial charge in [0.2, 0.25) is 10.0 Å². The van der Waals surface area contributed by atoms with Crippen LogP contribution in [0.4, 0.5) is 0 Å². The standard InChI is InChI=1S/C12H21N3O3S/c1-10(2)14-3-5-15(6-4-14)19(17,18)12-7-11(9-16)13-8-12/h7-8,10,13,16H,3-6,9H2,1-2H3. The lowest BCUT2D eigenvalue weighted by atomic mass is 10.3. The second kappa shape index (κ2) is 5.62. The van der Waals surface area contributed by atoms with Crippen LogP contribution in [0.3, 0.4) is 0 Å². The van der Waals surface area contributed by atoms with Crippen LogP contribution < -0.4 is 0 Å². The number of aromatic amines is 1. The lowest BCUT2D eigenvalue weighted by molar-refractivity contribution is 0.154. The minimum absolute atomic E-state index is 0.184. The predicted molar refractivity (Wildman–Crippen MR) is 72.2 cm³/mol. The van der Waals surface area contributed by atoms with Gasteiger partial charge in [-0.25, -0.2) is 8.42 Å². The molecule has 2 rings (SSSR count). The van der Waals surface area contributed by atoms with Crippen LogP contribution in [0.5, 0.6) is 0 Å². The molecule has 7 heteroatoms. The summed E-state index contributed by atoms with van der Waals surface area (Å²) < 4.78 is 26.3. The first-order valence-electron chi connectivity index (χ1n) is 6.47. The smallest absolute Gasteiger partial charge is 0.244 e. The molecule has 0 amide bonds. The van der Waals surface area contributed by atoms with Crippen molar-refractivity contribution in [3.05, 3.63) is 18.0 Å². The fourth-order valence-electron chi connectivity index (χ4n) is 2.27. The van der Waals surface area contributed by atoms with E-state index in [1.807, 2.05) is 0 Å².